The normalized spacial score (nSPS) is 15.1. The molecule has 1 aromatic carbocycles. The van der Waals surface area contributed by atoms with E-state index in [1.807, 2.05) is 24.4 Å². The van der Waals surface area contributed by atoms with Gasteiger partial charge in [-0.3, -0.25) is 0 Å². The van der Waals surface area contributed by atoms with Crippen molar-refractivity contribution in [1.82, 2.24) is 15.0 Å². The van der Waals surface area contributed by atoms with E-state index in [1.54, 1.807) is 6.33 Å². The van der Waals surface area contributed by atoms with Crippen LogP contribution in [0.1, 0.15) is 0 Å². The van der Waals surface area contributed by atoms with Crippen LogP contribution >= 0.6 is 15.9 Å². The van der Waals surface area contributed by atoms with E-state index < -0.39 is 0 Å². The molecule has 23 heavy (non-hydrogen) atoms. The maximum atomic E-state index is 5.41. The second-order valence-electron chi connectivity index (χ2n) is 5.39. The van der Waals surface area contributed by atoms with Crippen LogP contribution in [-0.4, -0.2) is 41.3 Å². The van der Waals surface area contributed by atoms with E-state index >= 15 is 0 Å². The number of nitrogens with zero attached hydrogens (tertiary/aromatic N) is 4. The van der Waals surface area contributed by atoms with Crippen LogP contribution in [0.3, 0.4) is 0 Å². The predicted octanol–water partition coefficient (Wildman–Crippen LogP) is 3.29. The third-order valence-electron chi connectivity index (χ3n) is 3.95. The van der Waals surface area contributed by atoms with Crippen molar-refractivity contribution in [3.63, 3.8) is 0 Å². The van der Waals surface area contributed by atoms with E-state index in [-0.39, 0.29) is 0 Å². The molecule has 0 N–H and O–H groups in total. The minimum Gasteiger partial charge on any atom is -0.378 e. The van der Waals surface area contributed by atoms with Crippen molar-refractivity contribution in [2.24, 2.45) is 0 Å². The lowest BCUT2D eigenvalue weighted by molar-refractivity contribution is 0.122. The summed E-state index contributed by atoms with van der Waals surface area (Å²) in [5, 5.41) is 1.03. The second-order valence-corrected chi connectivity index (χ2v) is 6.30. The number of benzene rings is 1. The topological polar surface area (TPSA) is 51.1 Å². The lowest BCUT2D eigenvalue weighted by Crippen LogP contribution is -2.36. The Morgan fingerprint density at radius 2 is 1.87 bits per heavy atom. The molecule has 0 unspecified atom stereocenters. The SMILES string of the molecule is Brc1ccc2ncnc(-c3ccnc(N4CCOCC4)c3)c2c1. The van der Waals surface area contributed by atoms with Gasteiger partial charge in [0.15, 0.2) is 0 Å². The van der Waals surface area contributed by atoms with Gasteiger partial charge in [-0.25, -0.2) is 15.0 Å². The maximum Gasteiger partial charge on any atom is 0.129 e. The summed E-state index contributed by atoms with van der Waals surface area (Å²) in [7, 11) is 0. The third kappa shape index (κ3) is 2.92. The number of pyridine rings is 1. The number of fused-ring (bicyclic) bond motifs is 1. The fraction of sp³-hybridized carbons (Fsp3) is 0.235. The summed E-state index contributed by atoms with van der Waals surface area (Å²) in [6, 6.07) is 10.1. The summed E-state index contributed by atoms with van der Waals surface area (Å²) < 4.78 is 6.43. The molecule has 0 spiro atoms. The van der Waals surface area contributed by atoms with Crippen LogP contribution in [0.25, 0.3) is 22.2 Å². The van der Waals surface area contributed by atoms with E-state index in [0.717, 1.165) is 58.8 Å². The van der Waals surface area contributed by atoms with Crippen molar-refractivity contribution in [3.05, 3.63) is 47.3 Å². The van der Waals surface area contributed by atoms with Gasteiger partial charge in [-0.15, -0.1) is 0 Å². The van der Waals surface area contributed by atoms with Crippen molar-refractivity contribution in [3.8, 4) is 11.3 Å². The first-order valence-corrected chi connectivity index (χ1v) is 8.30. The van der Waals surface area contributed by atoms with E-state index in [4.69, 9.17) is 4.74 Å². The van der Waals surface area contributed by atoms with Crippen LogP contribution in [0.15, 0.2) is 47.3 Å². The highest BCUT2D eigenvalue weighted by atomic mass is 79.9. The number of hydrogen-bond donors (Lipinski definition) is 0. The van der Waals surface area contributed by atoms with Gasteiger partial charge in [0.25, 0.3) is 0 Å². The molecular weight excluding hydrogens is 356 g/mol. The average molecular weight is 371 g/mol. The van der Waals surface area contributed by atoms with Crippen LogP contribution in [-0.2, 0) is 4.74 Å². The molecule has 6 heteroatoms. The molecule has 0 atom stereocenters. The zero-order chi connectivity index (χ0) is 15.6. The Bertz CT molecular complexity index is 849. The average Bonchev–Trinajstić information content (AvgIpc) is 2.62. The van der Waals surface area contributed by atoms with Gasteiger partial charge in [0.2, 0.25) is 0 Å². The zero-order valence-electron chi connectivity index (χ0n) is 12.4. The first-order chi connectivity index (χ1) is 11.3. The van der Waals surface area contributed by atoms with Crippen molar-refractivity contribution < 1.29 is 4.74 Å². The smallest absolute Gasteiger partial charge is 0.129 e. The van der Waals surface area contributed by atoms with Crippen LogP contribution in [0.4, 0.5) is 5.82 Å². The molecule has 5 nitrogen and oxygen atoms in total. The molecule has 0 aliphatic carbocycles. The van der Waals surface area contributed by atoms with Gasteiger partial charge in [0.05, 0.1) is 24.4 Å². The standard InChI is InChI=1S/C17H15BrN4O/c18-13-1-2-15-14(10-13)17(21-11-20-15)12-3-4-19-16(9-12)22-5-7-23-8-6-22/h1-4,9-11H,5-8H2. The molecule has 3 heterocycles. The van der Waals surface area contributed by atoms with Gasteiger partial charge < -0.3 is 9.64 Å². The molecule has 0 radical (unpaired) electrons. The molecule has 0 amide bonds. The van der Waals surface area contributed by atoms with E-state index in [0.29, 0.717) is 0 Å². The Kier molecular flexibility index (Phi) is 3.93. The van der Waals surface area contributed by atoms with Gasteiger partial charge >= 0.3 is 0 Å². The highest BCUT2D eigenvalue weighted by Gasteiger charge is 2.14. The highest BCUT2D eigenvalue weighted by molar-refractivity contribution is 9.10. The number of halogens is 1. The first kappa shape index (κ1) is 14.5. The molecule has 0 saturated carbocycles. The molecule has 0 bridgehead atoms. The number of aromatic nitrogens is 3. The number of anilines is 1. The summed E-state index contributed by atoms with van der Waals surface area (Å²) >= 11 is 3.53. The number of morpholine rings is 1. The predicted molar refractivity (Wildman–Crippen MR) is 93.5 cm³/mol. The quantitative estimate of drug-likeness (QED) is 0.692. The second kappa shape index (κ2) is 6.22. The van der Waals surface area contributed by atoms with Gasteiger partial charge in [-0.05, 0) is 30.3 Å². The van der Waals surface area contributed by atoms with E-state index in [2.05, 4.69) is 47.9 Å². The van der Waals surface area contributed by atoms with Gasteiger partial charge in [0.1, 0.15) is 12.1 Å². The Hall–Kier alpha value is -2.05. The summed E-state index contributed by atoms with van der Waals surface area (Å²) in [6.07, 6.45) is 3.45. The molecule has 2 aromatic heterocycles. The maximum absolute atomic E-state index is 5.41. The number of rotatable bonds is 2. The molecule has 3 aromatic rings. The lowest BCUT2D eigenvalue weighted by atomic mass is 10.1. The summed E-state index contributed by atoms with van der Waals surface area (Å²) in [5.41, 5.74) is 2.91. The van der Waals surface area contributed by atoms with Crippen molar-refractivity contribution in [2.75, 3.05) is 31.2 Å². The van der Waals surface area contributed by atoms with Crippen LogP contribution in [0.2, 0.25) is 0 Å². The van der Waals surface area contributed by atoms with Crippen molar-refractivity contribution in [1.29, 1.82) is 0 Å². The molecule has 1 saturated heterocycles. The Labute approximate surface area is 142 Å². The molecule has 1 fully saturated rings. The fourth-order valence-corrected chi connectivity index (χ4v) is 3.15. The summed E-state index contributed by atoms with van der Waals surface area (Å²) in [4.78, 5) is 15.6. The van der Waals surface area contributed by atoms with Crippen molar-refractivity contribution in [2.45, 2.75) is 0 Å². The van der Waals surface area contributed by atoms with E-state index in [1.165, 1.54) is 0 Å². The summed E-state index contributed by atoms with van der Waals surface area (Å²) in [5.74, 6) is 0.965. The van der Waals surface area contributed by atoms with E-state index in [9.17, 15) is 0 Å². The molecular formula is C17H15BrN4O. The number of hydrogen-bond acceptors (Lipinski definition) is 5. The van der Waals surface area contributed by atoms with Gasteiger partial charge in [-0.2, -0.15) is 0 Å². The lowest BCUT2D eigenvalue weighted by Gasteiger charge is -2.28. The molecule has 1 aliphatic heterocycles. The molecule has 116 valence electrons. The monoisotopic (exact) mass is 370 g/mol. The Balaban J connectivity index is 1.80. The molecule has 1 aliphatic rings. The molecule has 4 rings (SSSR count). The third-order valence-corrected chi connectivity index (χ3v) is 4.44. The first-order valence-electron chi connectivity index (χ1n) is 7.51. The Morgan fingerprint density at radius 3 is 2.74 bits per heavy atom. The van der Waals surface area contributed by atoms with Crippen LogP contribution < -0.4 is 4.90 Å². The van der Waals surface area contributed by atoms with Gasteiger partial charge in [-0.1, -0.05) is 15.9 Å². The minimum atomic E-state index is 0.745. The zero-order valence-corrected chi connectivity index (χ0v) is 14.0. The van der Waals surface area contributed by atoms with Crippen LogP contribution in [0, 0.1) is 0 Å². The van der Waals surface area contributed by atoms with Crippen molar-refractivity contribution >= 4 is 32.7 Å². The fourth-order valence-electron chi connectivity index (χ4n) is 2.79. The largest absolute Gasteiger partial charge is 0.378 e. The summed E-state index contributed by atoms with van der Waals surface area (Å²) in [6.45, 7) is 3.23. The minimum absolute atomic E-state index is 0.745. The Morgan fingerprint density at radius 1 is 1.00 bits per heavy atom. The van der Waals surface area contributed by atoms with Gasteiger partial charge in [0, 0.05) is 34.7 Å². The number of ether oxygens (including phenoxy) is 1. The van der Waals surface area contributed by atoms with Crippen LogP contribution in [0.5, 0.6) is 0 Å². The highest BCUT2D eigenvalue weighted by Crippen LogP contribution is 2.29.